The second-order valence-electron chi connectivity index (χ2n) is 6.89. The molecule has 0 atom stereocenters. The van der Waals surface area contributed by atoms with Gasteiger partial charge < -0.3 is 4.74 Å². The van der Waals surface area contributed by atoms with Crippen LogP contribution in [0.4, 0.5) is 15.8 Å². The number of non-ortho nitro benzene ring substituents is 1. The highest BCUT2D eigenvalue weighted by Gasteiger charge is 2.34. The third-order valence-corrected chi connectivity index (χ3v) is 6.45. The predicted octanol–water partition coefficient (Wildman–Crippen LogP) is 6.48. The van der Waals surface area contributed by atoms with E-state index < -0.39 is 4.92 Å². The molecule has 1 amide bonds. The Kier molecular flexibility index (Phi) is 6.87. The van der Waals surface area contributed by atoms with Crippen molar-refractivity contribution in [2.24, 2.45) is 0 Å². The van der Waals surface area contributed by atoms with E-state index in [9.17, 15) is 19.3 Å². The largest absolute Gasteiger partial charge is 0.488 e. The van der Waals surface area contributed by atoms with Crippen LogP contribution in [-0.4, -0.2) is 15.2 Å². The number of hydrogen-bond acceptors (Lipinski definition) is 6. The van der Waals surface area contributed by atoms with Crippen molar-refractivity contribution in [3.05, 3.63) is 103 Å². The van der Waals surface area contributed by atoms with Gasteiger partial charge >= 0.3 is 0 Å². The molecule has 33 heavy (non-hydrogen) atoms. The summed E-state index contributed by atoms with van der Waals surface area (Å²) in [6, 6.07) is 17.1. The lowest BCUT2D eigenvalue weighted by Gasteiger charge is -2.14. The lowest BCUT2D eigenvalue weighted by Crippen LogP contribution is -2.27. The van der Waals surface area contributed by atoms with Crippen molar-refractivity contribution in [3.63, 3.8) is 0 Å². The van der Waals surface area contributed by atoms with Gasteiger partial charge in [0.25, 0.3) is 11.6 Å². The molecule has 0 aliphatic carbocycles. The number of amides is 1. The van der Waals surface area contributed by atoms with E-state index in [0.717, 1.165) is 21.8 Å². The molecule has 3 aromatic rings. The van der Waals surface area contributed by atoms with Crippen LogP contribution in [0.15, 0.2) is 76.1 Å². The van der Waals surface area contributed by atoms with Gasteiger partial charge in [0.05, 0.1) is 15.5 Å². The number of rotatable bonds is 6. The maximum Gasteiger partial charge on any atom is 0.271 e. The third kappa shape index (κ3) is 5.29. The summed E-state index contributed by atoms with van der Waals surface area (Å²) in [4.78, 5) is 25.3. The van der Waals surface area contributed by atoms with Crippen LogP contribution in [0.25, 0.3) is 6.08 Å². The molecule has 0 bridgehead atoms. The summed E-state index contributed by atoms with van der Waals surface area (Å²) in [7, 11) is 0. The molecule has 0 N–H and O–H groups in total. The SMILES string of the molecule is O=C1/C(=C\c2cc(Br)ccc2OCc2ccc(F)cc2)SC(=S)N1c1cccc([N+](=O)[O-])c1. The predicted molar refractivity (Wildman–Crippen MR) is 134 cm³/mol. The topological polar surface area (TPSA) is 72.7 Å². The number of nitro benzene ring substituents is 1. The second-order valence-corrected chi connectivity index (χ2v) is 9.48. The number of thioether (sulfide) groups is 1. The number of halogens is 2. The zero-order valence-corrected chi connectivity index (χ0v) is 20.0. The molecule has 0 saturated carbocycles. The maximum absolute atomic E-state index is 13.1. The molecular formula is C23H14BrFN2O4S2. The van der Waals surface area contributed by atoms with Gasteiger partial charge in [0.1, 0.15) is 18.2 Å². The summed E-state index contributed by atoms with van der Waals surface area (Å²) in [5.41, 5.74) is 1.64. The van der Waals surface area contributed by atoms with Crippen LogP contribution in [0.2, 0.25) is 0 Å². The quantitative estimate of drug-likeness (QED) is 0.153. The van der Waals surface area contributed by atoms with Gasteiger partial charge in [0.15, 0.2) is 4.32 Å². The van der Waals surface area contributed by atoms with Crippen molar-refractivity contribution in [2.45, 2.75) is 6.61 Å². The van der Waals surface area contributed by atoms with Gasteiger partial charge in [0.2, 0.25) is 0 Å². The van der Waals surface area contributed by atoms with Crippen molar-refractivity contribution in [1.29, 1.82) is 0 Å². The number of carbonyl (C=O) groups is 1. The fourth-order valence-electron chi connectivity index (χ4n) is 3.08. The number of ether oxygens (including phenoxy) is 1. The minimum absolute atomic E-state index is 0.131. The third-order valence-electron chi connectivity index (χ3n) is 4.66. The van der Waals surface area contributed by atoms with E-state index in [0.29, 0.717) is 21.9 Å². The first-order valence-electron chi connectivity index (χ1n) is 9.51. The van der Waals surface area contributed by atoms with Gasteiger partial charge in [-0.25, -0.2) is 4.39 Å². The van der Waals surface area contributed by atoms with Gasteiger partial charge in [0, 0.05) is 22.2 Å². The molecular weight excluding hydrogens is 531 g/mol. The summed E-state index contributed by atoms with van der Waals surface area (Å²) in [6.45, 7) is 0.220. The van der Waals surface area contributed by atoms with Crippen LogP contribution in [0.3, 0.4) is 0 Å². The Morgan fingerprint density at radius 1 is 1.15 bits per heavy atom. The lowest BCUT2D eigenvalue weighted by atomic mass is 10.1. The van der Waals surface area contributed by atoms with Crippen LogP contribution < -0.4 is 9.64 Å². The van der Waals surface area contributed by atoms with Crippen molar-refractivity contribution >= 4 is 67.6 Å². The van der Waals surface area contributed by atoms with Gasteiger partial charge in [-0.2, -0.15) is 0 Å². The molecule has 1 aliphatic rings. The minimum Gasteiger partial charge on any atom is -0.488 e. The number of carbonyl (C=O) groups excluding carboxylic acids is 1. The van der Waals surface area contributed by atoms with Crippen LogP contribution >= 0.6 is 39.9 Å². The molecule has 1 heterocycles. The van der Waals surface area contributed by atoms with Crippen molar-refractivity contribution in [3.8, 4) is 5.75 Å². The van der Waals surface area contributed by atoms with Crippen LogP contribution in [0.5, 0.6) is 5.75 Å². The Hall–Kier alpha value is -3.08. The molecule has 1 aliphatic heterocycles. The van der Waals surface area contributed by atoms with Gasteiger partial charge in [-0.3, -0.25) is 19.8 Å². The highest BCUT2D eigenvalue weighted by Crippen LogP contribution is 2.38. The number of nitro groups is 1. The number of hydrogen-bond donors (Lipinski definition) is 0. The minimum atomic E-state index is -0.525. The monoisotopic (exact) mass is 544 g/mol. The number of benzene rings is 3. The zero-order valence-electron chi connectivity index (χ0n) is 16.7. The molecule has 10 heteroatoms. The number of thiocarbonyl (C=S) groups is 1. The lowest BCUT2D eigenvalue weighted by molar-refractivity contribution is -0.384. The highest BCUT2D eigenvalue weighted by atomic mass is 79.9. The molecule has 6 nitrogen and oxygen atoms in total. The summed E-state index contributed by atoms with van der Waals surface area (Å²) >= 11 is 9.90. The molecule has 0 radical (unpaired) electrons. The normalized spacial score (nSPS) is 14.7. The second kappa shape index (κ2) is 9.82. The molecule has 0 aromatic heterocycles. The first kappa shape index (κ1) is 23.1. The summed E-state index contributed by atoms with van der Waals surface area (Å²) in [6.07, 6.45) is 1.67. The number of nitrogens with zero attached hydrogens (tertiary/aromatic N) is 2. The Morgan fingerprint density at radius 2 is 1.91 bits per heavy atom. The highest BCUT2D eigenvalue weighted by molar-refractivity contribution is 9.10. The Labute approximate surface area is 206 Å². The van der Waals surface area contributed by atoms with Gasteiger partial charge in [-0.1, -0.05) is 58.1 Å². The summed E-state index contributed by atoms with van der Waals surface area (Å²) < 4.78 is 20.1. The average Bonchev–Trinajstić information content (AvgIpc) is 3.07. The van der Waals surface area contributed by atoms with E-state index in [1.165, 1.54) is 35.2 Å². The van der Waals surface area contributed by atoms with E-state index >= 15 is 0 Å². The molecule has 4 rings (SSSR count). The average molecular weight is 545 g/mol. The molecule has 0 spiro atoms. The Bertz CT molecular complexity index is 1300. The van der Waals surface area contributed by atoms with E-state index in [2.05, 4.69) is 15.9 Å². The fourth-order valence-corrected chi connectivity index (χ4v) is 4.75. The van der Waals surface area contributed by atoms with Gasteiger partial charge in [-0.15, -0.1) is 0 Å². The summed E-state index contributed by atoms with van der Waals surface area (Å²) in [5, 5.41) is 11.1. The van der Waals surface area contributed by atoms with E-state index in [1.807, 2.05) is 6.07 Å². The zero-order chi connectivity index (χ0) is 23.5. The van der Waals surface area contributed by atoms with E-state index in [-0.39, 0.29) is 28.3 Å². The van der Waals surface area contributed by atoms with Crippen LogP contribution in [-0.2, 0) is 11.4 Å². The molecule has 166 valence electrons. The Morgan fingerprint density at radius 3 is 2.64 bits per heavy atom. The molecule has 3 aromatic carbocycles. The summed E-state index contributed by atoms with van der Waals surface area (Å²) in [5.74, 6) is -0.174. The van der Waals surface area contributed by atoms with E-state index in [4.69, 9.17) is 17.0 Å². The maximum atomic E-state index is 13.1. The smallest absolute Gasteiger partial charge is 0.271 e. The first-order chi connectivity index (χ1) is 15.8. The van der Waals surface area contributed by atoms with Gasteiger partial charge in [-0.05, 0) is 48.0 Å². The number of anilines is 1. The molecule has 1 fully saturated rings. The molecule has 0 unspecified atom stereocenters. The molecule has 1 saturated heterocycles. The van der Waals surface area contributed by atoms with Crippen LogP contribution in [0.1, 0.15) is 11.1 Å². The van der Waals surface area contributed by atoms with E-state index in [1.54, 1.807) is 36.4 Å². The van der Waals surface area contributed by atoms with Crippen molar-refractivity contribution < 1.29 is 18.8 Å². The first-order valence-corrected chi connectivity index (χ1v) is 11.5. The van der Waals surface area contributed by atoms with Crippen molar-refractivity contribution in [2.75, 3.05) is 4.90 Å². The standard InChI is InChI=1S/C23H14BrFN2O4S2/c24-16-6-9-20(31-13-14-4-7-17(25)8-5-14)15(10-16)11-21-22(28)26(23(32)33-21)18-2-1-3-19(12-18)27(29)30/h1-12H,13H2/b21-11+. The van der Waals surface area contributed by atoms with Crippen molar-refractivity contribution in [1.82, 2.24) is 0 Å². The Balaban J connectivity index is 1.61. The fraction of sp³-hybridized carbons (Fsp3) is 0.0435. The van der Waals surface area contributed by atoms with Crippen LogP contribution in [0, 0.1) is 15.9 Å².